The molecule has 0 unspecified atom stereocenters. The van der Waals surface area contributed by atoms with Crippen molar-refractivity contribution in [1.29, 1.82) is 0 Å². The van der Waals surface area contributed by atoms with Crippen molar-refractivity contribution in [3.8, 4) is 33.9 Å². The van der Waals surface area contributed by atoms with Gasteiger partial charge in [-0.3, -0.25) is 4.79 Å². The van der Waals surface area contributed by atoms with Crippen molar-refractivity contribution in [3.63, 3.8) is 0 Å². The number of hydrogen-bond donors (Lipinski definition) is 5. The molecule has 0 spiro atoms. The van der Waals surface area contributed by atoms with Gasteiger partial charge in [0.2, 0.25) is 10.0 Å². The molecule has 6 rings (SSSR count). The molecule has 0 bridgehead atoms. The van der Waals surface area contributed by atoms with E-state index in [0.717, 1.165) is 0 Å². The Morgan fingerprint density at radius 3 is 2.52 bits per heavy atom. The van der Waals surface area contributed by atoms with Crippen LogP contribution in [0.15, 0.2) is 82.6 Å². The van der Waals surface area contributed by atoms with Gasteiger partial charge in [0, 0.05) is 22.9 Å². The van der Waals surface area contributed by atoms with Gasteiger partial charge in [0.1, 0.15) is 17.2 Å². The van der Waals surface area contributed by atoms with Crippen LogP contribution in [0.5, 0.6) is 11.5 Å². The highest BCUT2D eigenvalue weighted by Crippen LogP contribution is 2.44. The van der Waals surface area contributed by atoms with Crippen molar-refractivity contribution < 1.29 is 23.1 Å². The summed E-state index contributed by atoms with van der Waals surface area (Å²) in [5, 5.41) is 24.2. The molecular formula is C31H26N6O6S. The van der Waals surface area contributed by atoms with Crippen molar-refractivity contribution >= 4 is 43.4 Å². The van der Waals surface area contributed by atoms with Gasteiger partial charge in [-0.1, -0.05) is 24.3 Å². The van der Waals surface area contributed by atoms with Crippen LogP contribution in [0.3, 0.4) is 0 Å². The number of imidazole rings is 1. The molecule has 0 saturated carbocycles. The SMILES string of the molecule is CNS(=O)(=O)c1cc(OC)c(-c2ccnnc2-c2c(O)c(C(=O)Nc3ccc4[nH]c(=O)[nH]c4c3)cc3ccccc23)cc1C. The predicted molar refractivity (Wildman–Crippen MR) is 166 cm³/mol. The number of anilines is 1. The number of phenolic OH excluding ortho intramolecular Hbond substituents is 1. The van der Waals surface area contributed by atoms with E-state index >= 15 is 0 Å². The lowest BCUT2D eigenvalue weighted by atomic mass is 9.92. The number of nitrogens with one attached hydrogen (secondary N) is 4. The third-order valence-electron chi connectivity index (χ3n) is 7.34. The first-order valence-electron chi connectivity index (χ1n) is 13.3. The molecule has 2 heterocycles. The number of sulfonamides is 1. The fraction of sp³-hybridized carbons (Fsp3) is 0.0968. The van der Waals surface area contributed by atoms with Gasteiger partial charge in [0.25, 0.3) is 5.91 Å². The number of benzene rings is 4. The second-order valence-electron chi connectivity index (χ2n) is 9.98. The molecule has 0 radical (unpaired) electrons. The highest BCUT2D eigenvalue weighted by atomic mass is 32.2. The first kappa shape index (κ1) is 28.6. The second-order valence-corrected chi connectivity index (χ2v) is 11.8. The Bertz CT molecular complexity index is 2280. The smallest absolute Gasteiger partial charge is 0.323 e. The summed E-state index contributed by atoms with van der Waals surface area (Å²) in [6, 6.07) is 18.5. The Morgan fingerprint density at radius 1 is 0.977 bits per heavy atom. The van der Waals surface area contributed by atoms with E-state index in [0.29, 0.717) is 44.2 Å². The van der Waals surface area contributed by atoms with Gasteiger partial charge >= 0.3 is 5.69 Å². The first-order valence-corrected chi connectivity index (χ1v) is 14.8. The molecule has 44 heavy (non-hydrogen) atoms. The number of aromatic hydroxyl groups is 1. The number of phenols is 1. The molecule has 0 aliphatic rings. The molecule has 222 valence electrons. The number of carbonyl (C=O) groups excluding carboxylic acids is 1. The highest BCUT2D eigenvalue weighted by Gasteiger charge is 2.25. The highest BCUT2D eigenvalue weighted by molar-refractivity contribution is 7.89. The average molecular weight is 611 g/mol. The van der Waals surface area contributed by atoms with Crippen molar-refractivity contribution in [2.75, 3.05) is 19.5 Å². The molecule has 0 atom stereocenters. The number of H-pyrrole nitrogens is 2. The van der Waals surface area contributed by atoms with E-state index in [9.17, 15) is 23.1 Å². The van der Waals surface area contributed by atoms with Gasteiger partial charge in [-0.05, 0) is 66.7 Å². The van der Waals surface area contributed by atoms with Crippen molar-refractivity contribution in [2.24, 2.45) is 0 Å². The standard InChI is InChI=1S/C31H26N6O6S/c1-16-12-21(25(43-3)15-26(16)44(41,42)32-2)20-10-11-33-37-28(20)27-19-7-5-4-6-17(19)13-22(29(27)38)30(39)34-18-8-9-23-24(14-18)36-31(40)35-23/h4-15,32,38H,1-3H3,(H,34,39)(H2,35,36,40). The van der Waals surface area contributed by atoms with E-state index < -0.39 is 15.9 Å². The minimum absolute atomic E-state index is 0.0171. The van der Waals surface area contributed by atoms with Gasteiger partial charge in [0.05, 0.1) is 40.4 Å². The maximum absolute atomic E-state index is 13.6. The van der Waals surface area contributed by atoms with E-state index in [1.807, 2.05) is 12.1 Å². The van der Waals surface area contributed by atoms with Crippen LogP contribution in [0.25, 0.3) is 44.2 Å². The molecule has 1 amide bonds. The number of fused-ring (bicyclic) bond motifs is 2. The van der Waals surface area contributed by atoms with Crippen LogP contribution in [-0.2, 0) is 10.0 Å². The lowest BCUT2D eigenvalue weighted by Gasteiger charge is -2.18. The fourth-order valence-corrected chi connectivity index (χ4v) is 6.21. The maximum Gasteiger partial charge on any atom is 0.323 e. The Hall–Kier alpha value is -5.53. The molecule has 0 saturated heterocycles. The predicted octanol–water partition coefficient (Wildman–Crippen LogP) is 4.32. The minimum Gasteiger partial charge on any atom is -0.506 e. The van der Waals surface area contributed by atoms with Crippen LogP contribution < -0.4 is 20.5 Å². The summed E-state index contributed by atoms with van der Waals surface area (Å²) in [5.41, 5.74) is 3.09. The molecule has 2 aromatic heterocycles. The van der Waals surface area contributed by atoms with E-state index in [2.05, 4.69) is 30.2 Å². The summed E-state index contributed by atoms with van der Waals surface area (Å²) in [4.78, 5) is 30.6. The third-order valence-corrected chi connectivity index (χ3v) is 8.90. The number of aromatic amines is 2. The number of aromatic nitrogens is 4. The van der Waals surface area contributed by atoms with E-state index in [1.165, 1.54) is 26.4 Å². The Labute approximate surface area is 250 Å². The van der Waals surface area contributed by atoms with E-state index in [4.69, 9.17) is 4.74 Å². The summed E-state index contributed by atoms with van der Waals surface area (Å²) >= 11 is 0. The number of rotatable bonds is 7. The maximum atomic E-state index is 13.6. The molecule has 13 heteroatoms. The van der Waals surface area contributed by atoms with Gasteiger partial charge in [-0.25, -0.2) is 17.9 Å². The lowest BCUT2D eigenvalue weighted by molar-refractivity contribution is 0.102. The van der Waals surface area contributed by atoms with Crippen molar-refractivity contribution in [3.05, 3.63) is 94.5 Å². The average Bonchev–Trinajstić information content (AvgIpc) is 3.39. The Balaban J connectivity index is 1.53. The summed E-state index contributed by atoms with van der Waals surface area (Å²) in [5.74, 6) is -0.661. The molecule has 4 aromatic carbocycles. The lowest BCUT2D eigenvalue weighted by Crippen LogP contribution is -2.19. The summed E-state index contributed by atoms with van der Waals surface area (Å²) in [6.45, 7) is 1.67. The topological polar surface area (TPSA) is 179 Å². The normalized spacial score (nSPS) is 11.6. The zero-order valence-electron chi connectivity index (χ0n) is 23.7. The van der Waals surface area contributed by atoms with Gasteiger partial charge in [-0.2, -0.15) is 5.10 Å². The molecule has 0 aliphatic carbocycles. The van der Waals surface area contributed by atoms with Crippen LogP contribution >= 0.6 is 0 Å². The zero-order chi connectivity index (χ0) is 31.2. The second kappa shape index (κ2) is 10.9. The molecule has 5 N–H and O–H groups in total. The van der Waals surface area contributed by atoms with E-state index in [-0.39, 0.29) is 38.9 Å². The summed E-state index contributed by atoms with van der Waals surface area (Å²) < 4.78 is 33.2. The Kier molecular flexibility index (Phi) is 7.11. The number of nitrogens with zero attached hydrogens (tertiary/aromatic N) is 2. The monoisotopic (exact) mass is 610 g/mol. The molecular weight excluding hydrogens is 584 g/mol. The van der Waals surface area contributed by atoms with Crippen molar-refractivity contribution in [2.45, 2.75) is 11.8 Å². The number of aryl methyl sites for hydroxylation is 1. The Morgan fingerprint density at radius 2 is 1.75 bits per heavy atom. The van der Waals surface area contributed by atoms with Crippen LogP contribution in [0.1, 0.15) is 15.9 Å². The number of carbonyl (C=O) groups is 1. The number of hydrogen-bond acceptors (Lipinski definition) is 8. The molecule has 0 aliphatic heterocycles. The largest absolute Gasteiger partial charge is 0.506 e. The molecule has 0 fully saturated rings. The van der Waals surface area contributed by atoms with Crippen LogP contribution in [0.2, 0.25) is 0 Å². The zero-order valence-corrected chi connectivity index (χ0v) is 24.5. The molecule has 6 aromatic rings. The number of ether oxygens (including phenoxy) is 1. The number of amides is 1. The van der Waals surface area contributed by atoms with Crippen molar-refractivity contribution in [1.82, 2.24) is 24.9 Å². The third kappa shape index (κ3) is 4.93. The van der Waals surface area contributed by atoms with Crippen LogP contribution in [0.4, 0.5) is 5.69 Å². The summed E-state index contributed by atoms with van der Waals surface area (Å²) in [7, 11) is -1.01. The first-order chi connectivity index (χ1) is 21.1. The van der Waals surface area contributed by atoms with Gasteiger partial charge in [0.15, 0.2) is 0 Å². The van der Waals surface area contributed by atoms with Crippen LogP contribution in [0, 0.1) is 6.92 Å². The van der Waals surface area contributed by atoms with E-state index in [1.54, 1.807) is 55.5 Å². The number of methoxy groups -OCH3 is 1. The van der Waals surface area contributed by atoms with Gasteiger partial charge in [-0.15, -0.1) is 5.10 Å². The van der Waals surface area contributed by atoms with Gasteiger partial charge < -0.3 is 25.1 Å². The molecule has 12 nitrogen and oxygen atoms in total. The quantitative estimate of drug-likeness (QED) is 0.177. The summed E-state index contributed by atoms with van der Waals surface area (Å²) in [6.07, 6.45) is 1.48. The van der Waals surface area contributed by atoms with Crippen LogP contribution in [-0.4, -0.2) is 53.8 Å². The minimum atomic E-state index is -3.77. The fourth-order valence-electron chi connectivity index (χ4n) is 5.24.